The fraction of sp³-hybridized carbons (Fsp3) is 0.294. The third kappa shape index (κ3) is 5.07. The molecular formula is C17H20N4O4. The lowest BCUT2D eigenvalue weighted by Crippen LogP contribution is -2.29. The first-order valence-electron chi connectivity index (χ1n) is 7.78. The van der Waals surface area contributed by atoms with E-state index < -0.39 is 4.92 Å². The zero-order chi connectivity index (χ0) is 18.2. The molecule has 0 aliphatic rings. The highest BCUT2D eigenvalue weighted by atomic mass is 16.6. The molecule has 0 spiro atoms. The number of hydrogen-bond donors (Lipinski definition) is 2. The molecule has 8 heteroatoms. The van der Waals surface area contributed by atoms with E-state index >= 15 is 0 Å². The summed E-state index contributed by atoms with van der Waals surface area (Å²) in [6.45, 7) is 2.67. The number of nitro groups is 1. The Balaban J connectivity index is 2.23. The molecule has 0 radical (unpaired) electrons. The van der Waals surface area contributed by atoms with Crippen LogP contribution in [0.15, 0.2) is 52.7 Å². The number of anilines is 1. The lowest BCUT2D eigenvalue weighted by atomic mass is 10.1. The summed E-state index contributed by atoms with van der Waals surface area (Å²) in [4.78, 5) is 12.0. The van der Waals surface area contributed by atoms with Crippen molar-refractivity contribution in [2.45, 2.75) is 6.92 Å². The molecule has 0 aliphatic heterocycles. The van der Waals surface area contributed by atoms with Gasteiger partial charge in [-0.3, -0.25) is 10.1 Å². The van der Waals surface area contributed by atoms with Crippen LogP contribution in [0, 0.1) is 17.0 Å². The van der Waals surface area contributed by atoms with Gasteiger partial charge in [0.1, 0.15) is 0 Å². The molecule has 25 heavy (non-hydrogen) atoms. The third-order valence-corrected chi connectivity index (χ3v) is 3.63. The fourth-order valence-electron chi connectivity index (χ4n) is 2.27. The second-order valence-corrected chi connectivity index (χ2v) is 5.38. The number of benzene rings is 2. The van der Waals surface area contributed by atoms with Crippen molar-refractivity contribution in [1.82, 2.24) is 0 Å². The van der Waals surface area contributed by atoms with E-state index in [0.717, 1.165) is 11.3 Å². The van der Waals surface area contributed by atoms with Crippen LogP contribution in [0.4, 0.5) is 22.7 Å². The Bertz CT molecular complexity index is 741. The number of aliphatic hydroxyl groups is 2. The van der Waals surface area contributed by atoms with Gasteiger partial charge in [0.25, 0.3) is 5.69 Å². The van der Waals surface area contributed by atoms with Crippen molar-refractivity contribution in [1.29, 1.82) is 0 Å². The quantitative estimate of drug-likeness (QED) is 0.434. The maximum absolute atomic E-state index is 10.7. The van der Waals surface area contributed by atoms with Crippen molar-refractivity contribution in [2.24, 2.45) is 10.2 Å². The van der Waals surface area contributed by atoms with Crippen LogP contribution in [0.1, 0.15) is 5.56 Å². The molecule has 0 atom stereocenters. The van der Waals surface area contributed by atoms with Crippen LogP contribution >= 0.6 is 0 Å². The van der Waals surface area contributed by atoms with Crippen molar-refractivity contribution >= 4 is 22.7 Å². The lowest BCUT2D eigenvalue weighted by Gasteiger charge is -2.23. The van der Waals surface area contributed by atoms with Crippen LogP contribution in [0.3, 0.4) is 0 Å². The summed E-state index contributed by atoms with van der Waals surface area (Å²) < 4.78 is 0. The number of azo groups is 1. The molecule has 132 valence electrons. The van der Waals surface area contributed by atoms with Gasteiger partial charge < -0.3 is 15.1 Å². The molecular weight excluding hydrogens is 324 g/mol. The van der Waals surface area contributed by atoms with E-state index in [4.69, 9.17) is 10.2 Å². The van der Waals surface area contributed by atoms with E-state index in [1.54, 1.807) is 0 Å². The second kappa shape index (κ2) is 8.86. The van der Waals surface area contributed by atoms with Gasteiger partial charge in [-0.2, -0.15) is 10.2 Å². The highest BCUT2D eigenvalue weighted by Gasteiger charge is 2.08. The molecule has 0 aromatic heterocycles. The molecule has 0 saturated heterocycles. The number of nitrogens with zero attached hydrogens (tertiary/aromatic N) is 4. The Morgan fingerprint density at radius 2 is 1.68 bits per heavy atom. The van der Waals surface area contributed by atoms with E-state index in [1.807, 2.05) is 30.0 Å². The lowest BCUT2D eigenvalue weighted by molar-refractivity contribution is -0.384. The van der Waals surface area contributed by atoms with Crippen LogP contribution in [0.25, 0.3) is 0 Å². The predicted molar refractivity (Wildman–Crippen MR) is 94.8 cm³/mol. The SMILES string of the molecule is Cc1ccc(N(CCO)CCO)cc1N=Nc1ccc([N+](=O)[O-])cc1. The Hall–Kier alpha value is -2.84. The summed E-state index contributed by atoms with van der Waals surface area (Å²) in [5, 5.41) is 37.3. The minimum Gasteiger partial charge on any atom is -0.395 e. The van der Waals surface area contributed by atoms with Gasteiger partial charge in [-0.05, 0) is 36.8 Å². The summed E-state index contributed by atoms with van der Waals surface area (Å²) in [6, 6.07) is 11.4. The van der Waals surface area contributed by atoms with Crippen molar-refractivity contribution in [2.75, 3.05) is 31.2 Å². The molecule has 0 unspecified atom stereocenters. The largest absolute Gasteiger partial charge is 0.395 e. The second-order valence-electron chi connectivity index (χ2n) is 5.38. The molecule has 0 amide bonds. The van der Waals surface area contributed by atoms with Crippen molar-refractivity contribution in [3.05, 3.63) is 58.1 Å². The smallest absolute Gasteiger partial charge is 0.269 e. The average molecular weight is 344 g/mol. The van der Waals surface area contributed by atoms with Gasteiger partial charge in [0.05, 0.1) is 29.5 Å². The number of hydrogen-bond acceptors (Lipinski definition) is 7. The van der Waals surface area contributed by atoms with Gasteiger partial charge in [0, 0.05) is 30.9 Å². The van der Waals surface area contributed by atoms with Crippen molar-refractivity contribution in [3.63, 3.8) is 0 Å². The normalized spacial score (nSPS) is 11.0. The highest BCUT2D eigenvalue weighted by molar-refractivity contribution is 5.59. The first-order chi connectivity index (χ1) is 12.0. The number of non-ortho nitro benzene ring substituents is 1. The van der Waals surface area contributed by atoms with E-state index in [1.165, 1.54) is 24.3 Å². The zero-order valence-corrected chi connectivity index (χ0v) is 13.9. The molecule has 0 aliphatic carbocycles. The summed E-state index contributed by atoms with van der Waals surface area (Å²) in [5.74, 6) is 0. The van der Waals surface area contributed by atoms with E-state index in [-0.39, 0.29) is 18.9 Å². The van der Waals surface area contributed by atoms with Crippen molar-refractivity contribution in [3.8, 4) is 0 Å². The molecule has 2 aromatic carbocycles. The number of aliphatic hydroxyl groups excluding tert-OH is 2. The maximum atomic E-state index is 10.7. The van der Waals surface area contributed by atoms with Gasteiger partial charge in [-0.1, -0.05) is 6.07 Å². The first-order valence-corrected chi connectivity index (χ1v) is 7.78. The molecule has 0 bridgehead atoms. The highest BCUT2D eigenvalue weighted by Crippen LogP contribution is 2.28. The fourth-order valence-corrected chi connectivity index (χ4v) is 2.27. The molecule has 8 nitrogen and oxygen atoms in total. The maximum Gasteiger partial charge on any atom is 0.269 e. The topological polar surface area (TPSA) is 112 Å². The van der Waals surface area contributed by atoms with Crippen LogP contribution in [0.2, 0.25) is 0 Å². The summed E-state index contributed by atoms with van der Waals surface area (Å²) in [5.41, 5.74) is 2.91. The molecule has 0 fully saturated rings. The van der Waals surface area contributed by atoms with E-state index in [2.05, 4.69) is 10.2 Å². The summed E-state index contributed by atoms with van der Waals surface area (Å²) in [7, 11) is 0. The van der Waals surface area contributed by atoms with Crippen LogP contribution in [-0.2, 0) is 0 Å². The minimum absolute atomic E-state index is 0.000719. The minimum atomic E-state index is -0.467. The molecule has 2 rings (SSSR count). The molecule has 0 saturated carbocycles. The molecule has 0 heterocycles. The average Bonchev–Trinajstić information content (AvgIpc) is 2.61. The van der Waals surface area contributed by atoms with Gasteiger partial charge in [-0.25, -0.2) is 0 Å². The Kier molecular flexibility index (Phi) is 6.55. The third-order valence-electron chi connectivity index (χ3n) is 3.63. The summed E-state index contributed by atoms with van der Waals surface area (Å²) in [6.07, 6.45) is 0. The number of nitro benzene ring substituents is 1. The van der Waals surface area contributed by atoms with E-state index in [0.29, 0.717) is 24.5 Å². The predicted octanol–water partition coefficient (Wildman–Crippen LogP) is 3.11. The standard InChI is InChI=1S/C17H20N4O4/c1-13-2-5-16(20(8-10-22)9-11-23)12-17(13)19-18-14-3-6-15(7-4-14)21(24)25/h2-7,12,22-23H,8-11H2,1H3. The number of rotatable bonds is 8. The molecule has 2 N–H and O–H groups in total. The van der Waals surface area contributed by atoms with Crippen LogP contribution in [-0.4, -0.2) is 41.4 Å². The Labute approximate surface area is 145 Å². The Morgan fingerprint density at radius 3 is 2.24 bits per heavy atom. The number of aryl methyl sites for hydroxylation is 1. The van der Waals surface area contributed by atoms with Crippen LogP contribution < -0.4 is 4.90 Å². The van der Waals surface area contributed by atoms with Gasteiger partial charge in [0.2, 0.25) is 0 Å². The van der Waals surface area contributed by atoms with Crippen LogP contribution in [0.5, 0.6) is 0 Å². The summed E-state index contributed by atoms with van der Waals surface area (Å²) >= 11 is 0. The van der Waals surface area contributed by atoms with E-state index in [9.17, 15) is 10.1 Å². The molecule has 2 aromatic rings. The van der Waals surface area contributed by atoms with Crippen molar-refractivity contribution < 1.29 is 15.1 Å². The Morgan fingerprint density at radius 1 is 1.04 bits per heavy atom. The monoisotopic (exact) mass is 344 g/mol. The first kappa shape index (κ1) is 18.5. The zero-order valence-electron chi connectivity index (χ0n) is 13.9. The van der Waals surface area contributed by atoms with Gasteiger partial charge in [-0.15, -0.1) is 0 Å². The van der Waals surface area contributed by atoms with Gasteiger partial charge >= 0.3 is 0 Å². The van der Waals surface area contributed by atoms with Gasteiger partial charge in [0.15, 0.2) is 0 Å².